The smallest absolute Gasteiger partial charge is 0.163 e. The molecule has 0 unspecified atom stereocenters. The number of aromatic nitrogens is 2. The fourth-order valence-corrected chi connectivity index (χ4v) is 4.27. The number of hydrogen-bond donors (Lipinski definition) is 1. The van der Waals surface area contributed by atoms with E-state index in [9.17, 15) is 5.41 Å². The molecule has 6 nitrogen and oxygen atoms in total. The maximum atomic E-state index is 10.3. The molecule has 4 rings (SSSR count). The highest BCUT2D eigenvalue weighted by Gasteiger charge is 2.16. The van der Waals surface area contributed by atoms with Gasteiger partial charge in [-0.05, 0) is 54.7 Å². The van der Waals surface area contributed by atoms with Gasteiger partial charge in [0.1, 0.15) is 5.75 Å². The Morgan fingerprint density at radius 1 is 1.14 bits per heavy atom. The van der Waals surface area contributed by atoms with Gasteiger partial charge in [-0.3, -0.25) is 4.98 Å². The van der Waals surface area contributed by atoms with E-state index in [1.54, 1.807) is 13.2 Å². The van der Waals surface area contributed by atoms with Crippen molar-refractivity contribution in [1.82, 2.24) is 9.97 Å². The second-order valence-corrected chi connectivity index (χ2v) is 8.08. The molecule has 0 bridgehead atoms. The van der Waals surface area contributed by atoms with E-state index in [1.165, 1.54) is 0 Å². The van der Waals surface area contributed by atoms with E-state index in [0.717, 1.165) is 65.4 Å². The van der Waals surface area contributed by atoms with Crippen molar-refractivity contribution in [2.75, 3.05) is 7.11 Å². The molecule has 0 amide bonds. The quantitative estimate of drug-likeness (QED) is 0.479. The van der Waals surface area contributed by atoms with Crippen LogP contribution in [0, 0.1) is 5.92 Å². The summed E-state index contributed by atoms with van der Waals surface area (Å²) in [7, 11) is 1.65. The van der Waals surface area contributed by atoms with Crippen molar-refractivity contribution in [1.29, 1.82) is 0 Å². The van der Waals surface area contributed by atoms with Crippen molar-refractivity contribution in [2.24, 2.45) is 16.6 Å². The first-order valence-electron chi connectivity index (χ1n) is 9.61. The van der Waals surface area contributed by atoms with Crippen molar-refractivity contribution < 1.29 is 4.74 Å². The summed E-state index contributed by atoms with van der Waals surface area (Å²) in [4.78, 5) is 13.5. The number of hydrogen-bond acceptors (Lipinski definition) is 5. The minimum Gasteiger partial charge on any atom is -0.801 e. The number of rotatable bonds is 4. The third-order valence-corrected chi connectivity index (χ3v) is 5.91. The Hall–Kier alpha value is -2.93. The number of thioether (sulfide) groups is 1. The van der Waals surface area contributed by atoms with Gasteiger partial charge < -0.3 is 15.9 Å². The molecule has 2 heterocycles. The Kier molecular flexibility index (Phi) is 5.76. The van der Waals surface area contributed by atoms with Crippen LogP contribution < -0.4 is 10.5 Å². The van der Waals surface area contributed by atoms with E-state index >= 15 is 0 Å². The number of nitrogens with two attached hydrogens (primary N) is 1. The number of pyridine rings is 2. The summed E-state index contributed by atoms with van der Waals surface area (Å²) in [5.74, 6) is 1.50. The molecule has 0 aliphatic heterocycles. The number of nitrogens with zero attached hydrogens (tertiary/aromatic N) is 4. The average molecular weight is 405 g/mol. The average Bonchev–Trinajstić information content (AvgIpc) is 3.28. The van der Waals surface area contributed by atoms with Gasteiger partial charge in [-0.25, -0.2) is 9.98 Å². The maximum absolute atomic E-state index is 10.3. The molecular weight excluding hydrogens is 382 g/mol. The predicted molar refractivity (Wildman–Crippen MR) is 121 cm³/mol. The number of fused-ring (bicyclic) bond motifs is 1. The van der Waals surface area contributed by atoms with Gasteiger partial charge in [0.2, 0.25) is 0 Å². The lowest BCUT2D eigenvalue weighted by molar-refractivity contribution is 0.415. The van der Waals surface area contributed by atoms with Gasteiger partial charge in [0, 0.05) is 11.8 Å². The molecule has 7 heteroatoms. The summed E-state index contributed by atoms with van der Waals surface area (Å²) in [6.07, 6.45) is 6.15. The highest BCUT2D eigenvalue weighted by Crippen LogP contribution is 2.30. The van der Waals surface area contributed by atoms with Crippen LogP contribution in [0.25, 0.3) is 27.6 Å². The van der Waals surface area contributed by atoms with Crippen molar-refractivity contribution in [3.63, 3.8) is 0 Å². The van der Waals surface area contributed by atoms with Crippen LogP contribution in [-0.4, -0.2) is 27.3 Å². The number of ether oxygens (including phenoxy) is 1. The van der Waals surface area contributed by atoms with Gasteiger partial charge in [-0.2, -0.15) is 0 Å². The fraction of sp³-hybridized carbons (Fsp3) is 0.273. The minimum atomic E-state index is 0.216. The number of aliphatic imine (C=N–C) groups is 1. The number of amidine groups is 1. The van der Waals surface area contributed by atoms with Crippen LogP contribution in [0.3, 0.4) is 0 Å². The van der Waals surface area contributed by atoms with Gasteiger partial charge in [0.25, 0.3) is 0 Å². The topological polar surface area (TPSA) is 95.7 Å². The highest BCUT2D eigenvalue weighted by atomic mass is 32.2. The molecule has 0 radical (unpaired) electrons. The van der Waals surface area contributed by atoms with Crippen LogP contribution in [0.5, 0.6) is 5.75 Å². The van der Waals surface area contributed by atoms with E-state index in [-0.39, 0.29) is 11.1 Å². The lowest BCUT2D eigenvalue weighted by atomic mass is 10.1. The van der Waals surface area contributed by atoms with Gasteiger partial charge in [0.05, 0.1) is 18.1 Å². The monoisotopic (exact) mass is 404 g/mol. The van der Waals surface area contributed by atoms with Crippen molar-refractivity contribution >= 4 is 38.8 Å². The first-order chi connectivity index (χ1) is 14.1. The lowest BCUT2D eigenvalue weighted by Crippen LogP contribution is -2.14. The number of methoxy groups -OCH3 is 1. The zero-order valence-corrected chi connectivity index (χ0v) is 17.0. The Morgan fingerprint density at radius 2 is 1.97 bits per heavy atom. The van der Waals surface area contributed by atoms with Gasteiger partial charge in [0.15, 0.2) is 11.0 Å². The summed E-state index contributed by atoms with van der Waals surface area (Å²) in [5, 5.41) is 10.9. The predicted octanol–water partition coefficient (Wildman–Crippen LogP) is 5.14. The molecular formula is C22H22N5OS-. The fourth-order valence-electron chi connectivity index (χ4n) is 3.52. The zero-order chi connectivity index (χ0) is 20.2. The van der Waals surface area contributed by atoms with Gasteiger partial charge in [-0.1, -0.05) is 36.7 Å². The van der Waals surface area contributed by atoms with Crippen molar-refractivity contribution in [3.8, 4) is 16.9 Å². The van der Waals surface area contributed by atoms with Gasteiger partial charge in [-0.15, -0.1) is 5.04 Å². The normalized spacial score (nSPS) is 15.0. The maximum Gasteiger partial charge on any atom is 0.163 e. The van der Waals surface area contributed by atoms with E-state index in [1.807, 2.05) is 42.6 Å². The first kappa shape index (κ1) is 19.4. The van der Waals surface area contributed by atoms with Gasteiger partial charge >= 0.3 is 0 Å². The second-order valence-electron chi connectivity index (χ2n) is 7.04. The summed E-state index contributed by atoms with van der Waals surface area (Å²) < 4.78 is 5.30. The van der Waals surface area contributed by atoms with Crippen molar-refractivity contribution in [3.05, 3.63) is 54.1 Å². The molecule has 2 N–H and O–H groups in total. The lowest BCUT2D eigenvalue weighted by Gasteiger charge is -2.18. The zero-order valence-electron chi connectivity index (χ0n) is 16.2. The summed E-state index contributed by atoms with van der Waals surface area (Å²) in [6, 6.07) is 13.4. The van der Waals surface area contributed by atoms with Crippen LogP contribution in [-0.2, 0) is 0 Å². The van der Waals surface area contributed by atoms with Crippen LogP contribution in [0.15, 0.2) is 53.7 Å². The van der Waals surface area contributed by atoms with E-state index < -0.39 is 0 Å². The molecule has 1 saturated carbocycles. The molecule has 3 aromatic rings. The molecule has 1 aliphatic rings. The summed E-state index contributed by atoms with van der Waals surface area (Å²) in [6.45, 7) is 0. The van der Waals surface area contributed by atoms with E-state index in [4.69, 9.17) is 10.5 Å². The SMILES string of the molecule is COc1cccc(-c2cnc3ccc(N=C(N)SC(=[N-])C4CCCC4)nc3c2)c1. The third kappa shape index (κ3) is 4.56. The highest BCUT2D eigenvalue weighted by molar-refractivity contribution is 8.26. The van der Waals surface area contributed by atoms with Crippen molar-refractivity contribution in [2.45, 2.75) is 25.7 Å². The molecule has 0 saturated heterocycles. The number of benzene rings is 1. The Morgan fingerprint density at radius 3 is 2.76 bits per heavy atom. The summed E-state index contributed by atoms with van der Waals surface area (Å²) >= 11 is 1.13. The van der Waals surface area contributed by atoms with E-state index in [2.05, 4.69) is 15.0 Å². The van der Waals surface area contributed by atoms with Crippen LogP contribution in [0.2, 0.25) is 0 Å². The molecule has 29 heavy (non-hydrogen) atoms. The molecule has 1 aliphatic carbocycles. The van der Waals surface area contributed by atoms with E-state index in [0.29, 0.717) is 10.9 Å². The molecule has 0 spiro atoms. The van der Waals surface area contributed by atoms with Crippen LogP contribution in [0.1, 0.15) is 25.7 Å². The summed E-state index contributed by atoms with van der Waals surface area (Å²) in [5.41, 5.74) is 9.49. The first-order valence-corrected chi connectivity index (χ1v) is 10.4. The Labute approximate surface area is 174 Å². The Bertz CT molecular complexity index is 1080. The molecule has 0 atom stereocenters. The van der Waals surface area contributed by atoms with Crippen LogP contribution in [0.4, 0.5) is 5.82 Å². The Balaban J connectivity index is 1.58. The van der Waals surface area contributed by atoms with Crippen LogP contribution >= 0.6 is 11.8 Å². The standard InChI is InChI=1S/C22H22N5OS/c1-28-17-8-4-7-15(11-17)16-12-19-18(25-13-16)9-10-20(26-19)27-22(24)29-21(23)14-5-2-3-6-14/h4,7-14H,2-3,5-6H2,1H3,(H2,24,26,27)/q-1. The minimum absolute atomic E-state index is 0.216. The molecule has 1 aromatic carbocycles. The second kappa shape index (κ2) is 8.61. The molecule has 148 valence electrons. The molecule has 1 fully saturated rings. The third-order valence-electron chi connectivity index (χ3n) is 5.06. The molecule has 2 aromatic heterocycles. The largest absolute Gasteiger partial charge is 0.801 e.